The summed E-state index contributed by atoms with van der Waals surface area (Å²) in [7, 11) is 1.61. The smallest absolute Gasteiger partial charge is 0.264 e. The lowest BCUT2D eigenvalue weighted by molar-refractivity contribution is -0.115. The lowest BCUT2D eigenvalue weighted by Gasteiger charge is -1.99. The lowest BCUT2D eigenvalue weighted by atomic mass is 10.3. The number of halogens is 1. The number of hydrogen-bond donors (Lipinski definition) is 1. The first-order chi connectivity index (χ1) is 10.6. The summed E-state index contributed by atoms with van der Waals surface area (Å²) in [5, 5.41) is 3.28. The number of carbonyl (C=O) groups is 1. The minimum Gasteiger partial charge on any atom is -0.497 e. The molecule has 0 bridgehead atoms. The predicted octanol–water partition coefficient (Wildman–Crippen LogP) is 3.78. The Balaban J connectivity index is 1.78. The summed E-state index contributed by atoms with van der Waals surface area (Å²) in [6.07, 6.45) is 1.71. The molecule has 0 saturated carbocycles. The molecule has 7 heteroatoms. The average Bonchev–Trinajstić information content (AvgIpc) is 3.06. The molecule has 0 unspecified atom stereocenters. The molecule has 5 nitrogen and oxygen atoms in total. The number of thioether (sulfide) groups is 1. The summed E-state index contributed by atoms with van der Waals surface area (Å²) in [6, 6.07) is 11.0. The number of rotatable bonds is 3. The van der Waals surface area contributed by atoms with E-state index in [4.69, 9.17) is 9.15 Å². The summed E-state index contributed by atoms with van der Waals surface area (Å²) < 4.78 is 11.3. The van der Waals surface area contributed by atoms with E-state index in [-0.39, 0.29) is 5.91 Å². The largest absolute Gasteiger partial charge is 0.497 e. The van der Waals surface area contributed by atoms with Gasteiger partial charge in [0.15, 0.2) is 8.93 Å². The summed E-state index contributed by atoms with van der Waals surface area (Å²) >= 11 is 3.36. The molecular formula is C15H11IN2O3S. The van der Waals surface area contributed by atoms with Crippen LogP contribution < -0.4 is 10.1 Å². The van der Waals surface area contributed by atoms with E-state index in [0.717, 1.165) is 15.2 Å². The molecular weight excluding hydrogens is 415 g/mol. The van der Waals surface area contributed by atoms with E-state index in [9.17, 15) is 4.79 Å². The number of nitrogens with one attached hydrogen (secondary N) is 1. The Morgan fingerprint density at radius 3 is 2.68 bits per heavy atom. The summed E-state index contributed by atoms with van der Waals surface area (Å²) in [5.41, 5.74) is 0.748. The zero-order valence-electron chi connectivity index (χ0n) is 11.5. The molecule has 2 aromatic rings. The predicted molar refractivity (Wildman–Crippen MR) is 95.2 cm³/mol. The van der Waals surface area contributed by atoms with Crippen molar-refractivity contribution < 1.29 is 13.9 Å². The molecule has 1 saturated heterocycles. The van der Waals surface area contributed by atoms with Crippen LogP contribution in [0.3, 0.4) is 0 Å². The minimum atomic E-state index is -0.177. The fourth-order valence-corrected chi connectivity index (χ4v) is 3.05. The van der Waals surface area contributed by atoms with Gasteiger partial charge in [0.25, 0.3) is 5.91 Å². The number of amides is 1. The number of ether oxygens (including phenoxy) is 1. The lowest BCUT2D eigenvalue weighted by Crippen LogP contribution is -2.19. The van der Waals surface area contributed by atoms with E-state index in [2.05, 4.69) is 32.9 Å². The number of nitrogens with zero attached hydrogens (tertiary/aromatic N) is 1. The van der Waals surface area contributed by atoms with Crippen molar-refractivity contribution in [1.29, 1.82) is 0 Å². The van der Waals surface area contributed by atoms with Crippen LogP contribution in [0.4, 0.5) is 5.69 Å². The highest BCUT2D eigenvalue weighted by molar-refractivity contribution is 14.1. The maximum Gasteiger partial charge on any atom is 0.264 e. The normalized spacial score (nSPS) is 18.0. The molecule has 0 atom stereocenters. The van der Waals surface area contributed by atoms with Crippen LogP contribution in [0.25, 0.3) is 6.08 Å². The van der Waals surface area contributed by atoms with Crippen LogP contribution in [0, 0.1) is 3.77 Å². The van der Waals surface area contributed by atoms with E-state index in [1.54, 1.807) is 13.2 Å². The third-order valence-corrected chi connectivity index (χ3v) is 4.31. The van der Waals surface area contributed by atoms with Crippen molar-refractivity contribution in [3.8, 4) is 5.75 Å². The number of methoxy groups -OCH3 is 1. The van der Waals surface area contributed by atoms with Crippen LogP contribution in [0.15, 0.2) is 50.7 Å². The van der Waals surface area contributed by atoms with Crippen LogP contribution in [0.1, 0.15) is 5.76 Å². The Kier molecular flexibility index (Phi) is 4.53. The molecule has 0 spiro atoms. The van der Waals surface area contributed by atoms with E-state index in [1.807, 2.05) is 36.4 Å². The van der Waals surface area contributed by atoms with Gasteiger partial charge in [-0.25, -0.2) is 4.99 Å². The minimum absolute atomic E-state index is 0.177. The highest BCUT2D eigenvalue weighted by atomic mass is 127. The van der Waals surface area contributed by atoms with Crippen LogP contribution in [-0.4, -0.2) is 18.2 Å². The topological polar surface area (TPSA) is 63.8 Å². The van der Waals surface area contributed by atoms with E-state index >= 15 is 0 Å². The van der Waals surface area contributed by atoms with Gasteiger partial charge in [-0.15, -0.1) is 0 Å². The SMILES string of the molecule is COc1ccc(N=C2NC(=O)C(=Cc3ccc(I)o3)S2)cc1. The second-order valence-electron chi connectivity index (χ2n) is 4.32. The Morgan fingerprint density at radius 2 is 2.05 bits per heavy atom. The van der Waals surface area contributed by atoms with Crippen molar-refractivity contribution in [2.45, 2.75) is 0 Å². The second kappa shape index (κ2) is 6.57. The molecule has 0 aliphatic carbocycles. The first-order valence-corrected chi connectivity index (χ1v) is 8.22. The molecule has 0 radical (unpaired) electrons. The first-order valence-electron chi connectivity index (χ1n) is 6.33. The van der Waals surface area contributed by atoms with Crippen molar-refractivity contribution >= 4 is 57.2 Å². The Hall–Kier alpha value is -1.74. The fourth-order valence-electron chi connectivity index (χ4n) is 1.79. The maximum absolute atomic E-state index is 11.9. The van der Waals surface area contributed by atoms with Gasteiger partial charge in [0.05, 0.1) is 17.7 Å². The van der Waals surface area contributed by atoms with Gasteiger partial charge in [-0.1, -0.05) is 0 Å². The number of hydrogen-bond acceptors (Lipinski definition) is 5. The summed E-state index contributed by atoms with van der Waals surface area (Å²) in [4.78, 5) is 16.9. The molecule has 3 rings (SSSR count). The molecule has 1 fully saturated rings. The Morgan fingerprint density at radius 1 is 1.27 bits per heavy atom. The second-order valence-corrected chi connectivity index (χ2v) is 6.42. The van der Waals surface area contributed by atoms with Crippen LogP contribution in [-0.2, 0) is 4.79 Å². The van der Waals surface area contributed by atoms with Gasteiger partial charge < -0.3 is 14.5 Å². The van der Waals surface area contributed by atoms with E-state index < -0.39 is 0 Å². The number of carbonyl (C=O) groups excluding carboxylic acids is 1. The molecule has 1 aliphatic rings. The Bertz CT molecular complexity index is 765. The Labute approximate surface area is 145 Å². The standard InChI is InChI=1S/C15H11IN2O3S/c1-20-10-4-2-9(3-5-10)17-15-18-14(19)12(22-15)8-11-6-7-13(16)21-11/h2-8H,1H3,(H,17,18,19). The quantitative estimate of drug-likeness (QED) is 0.600. The molecule has 1 aromatic heterocycles. The van der Waals surface area contributed by atoms with Crippen molar-refractivity contribution in [2.75, 3.05) is 7.11 Å². The van der Waals surface area contributed by atoms with Gasteiger partial charge >= 0.3 is 0 Å². The third kappa shape index (κ3) is 3.53. The molecule has 1 aliphatic heterocycles. The number of amidine groups is 1. The number of furan rings is 1. The van der Waals surface area contributed by atoms with E-state index in [1.165, 1.54) is 11.8 Å². The number of aliphatic imine (C=N–C) groups is 1. The molecule has 1 aromatic carbocycles. The molecule has 112 valence electrons. The highest BCUT2D eigenvalue weighted by Crippen LogP contribution is 2.29. The third-order valence-electron chi connectivity index (χ3n) is 2.82. The zero-order chi connectivity index (χ0) is 15.5. The van der Waals surface area contributed by atoms with Crippen molar-refractivity contribution in [2.24, 2.45) is 4.99 Å². The van der Waals surface area contributed by atoms with Gasteiger partial charge in [0, 0.05) is 6.08 Å². The molecule has 1 N–H and O–H groups in total. The maximum atomic E-state index is 11.9. The van der Waals surface area contributed by atoms with Crippen LogP contribution >= 0.6 is 34.4 Å². The van der Waals surface area contributed by atoms with Gasteiger partial charge in [-0.05, 0) is 70.8 Å². The summed E-state index contributed by atoms with van der Waals surface area (Å²) in [6.45, 7) is 0. The van der Waals surface area contributed by atoms with Crippen molar-refractivity contribution in [3.63, 3.8) is 0 Å². The number of benzene rings is 1. The molecule has 1 amide bonds. The fraction of sp³-hybridized carbons (Fsp3) is 0.0667. The molecule has 22 heavy (non-hydrogen) atoms. The van der Waals surface area contributed by atoms with Crippen LogP contribution in [0.2, 0.25) is 0 Å². The van der Waals surface area contributed by atoms with Gasteiger partial charge in [-0.3, -0.25) is 4.79 Å². The first kappa shape index (κ1) is 15.2. The summed E-state index contributed by atoms with van der Waals surface area (Å²) in [5.74, 6) is 1.23. The zero-order valence-corrected chi connectivity index (χ0v) is 14.5. The monoisotopic (exact) mass is 426 g/mol. The van der Waals surface area contributed by atoms with E-state index in [0.29, 0.717) is 15.8 Å². The van der Waals surface area contributed by atoms with Crippen molar-refractivity contribution in [1.82, 2.24) is 5.32 Å². The van der Waals surface area contributed by atoms with Gasteiger partial charge in [0.1, 0.15) is 11.5 Å². The highest BCUT2D eigenvalue weighted by Gasteiger charge is 2.24. The average molecular weight is 426 g/mol. The van der Waals surface area contributed by atoms with Gasteiger partial charge in [-0.2, -0.15) is 0 Å². The van der Waals surface area contributed by atoms with Crippen LogP contribution in [0.5, 0.6) is 5.75 Å². The van der Waals surface area contributed by atoms with Crippen molar-refractivity contribution in [3.05, 3.63) is 50.8 Å². The van der Waals surface area contributed by atoms with Gasteiger partial charge in [0.2, 0.25) is 0 Å². The molecule has 2 heterocycles.